The Balaban J connectivity index is 2.19. The number of hydrogen-bond acceptors (Lipinski definition) is 3. The minimum Gasteiger partial charge on any atom is -0.481 e. The molecule has 106 valence electrons. The Hall–Kier alpha value is -2.89. The maximum atomic E-state index is 12.4. The van der Waals surface area contributed by atoms with Crippen LogP contribution >= 0.6 is 0 Å². The van der Waals surface area contributed by atoms with E-state index in [1.54, 1.807) is 24.3 Å². The number of amides is 1. The molecule has 2 N–H and O–H groups in total. The van der Waals surface area contributed by atoms with Gasteiger partial charge in [0, 0.05) is 17.5 Å². The summed E-state index contributed by atoms with van der Waals surface area (Å²) >= 11 is 0. The molecule has 6 nitrogen and oxygen atoms in total. The van der Waals surface area contributed by atoms with Crippen LogP contribution in [0.5, 0.6) is 0 Å². The molecular formula is C15H11NO5. The number of carbonyl (C=O) groups is 3. The molecule has 0 aromatic heterocycles. The fraction of sp³-hybridized carbons (Fsp3) is 0.133. The van der Waals surface area contributed by atoms with Gasteiger partial charge in [-0.05, 0) is 23.6 Å². The monoisotopic (exact) mass is 285 g/mol. The van der Waals surface area contributed by atoms with Crippen LogP contribution < -0.4 is 4.90 Å². The fourth-order valence-electron chi connectivity index (χ4n) is 2.66. The van der Waals surface area contributed by atoms with Crippen LogP contribution in [0.1, 0.15) is 27.1 Å². The van der Waals surface area contributed by atoms with Gasteiger partial charge in [0.1, 0.15) is 0 Å². The number of nitrogens with zero attached hydrogens (tertiary/aromatic N) is 1. The van der Waals surface area contributed by atoms with Crippen molar-refractivity contribution in [2.24, 2.45) is 0 Å². The van der Waals surface area contributed by atoms with E-state index in [0.717, 1.165) is 0 Å². The average molecular weight is 285 g/mol. The van der Waals surface area contributed by atoms with Gasteiger partial charge in [-0.25, -0.2) is 4.79 Å². The topological polar surface area (TPSA) is 94.9 Å². The fourth-order valence-corrected chi connectivity index (χ4v) is 2.66. The Labute approximate surface area is 119 Å². The van der Waals surface area contributed by atoms with E-state index in [1.807, 2.05) is 0 Å². The first kappa shape index (κ1) is 13.1. The smallest absolute Gasteiger partial charge is 0.336 e. The molecule has 21 heavy (non-hydrogen) atoms. The second-order valence-electron chi connectivity index (χ2n) is 4.77. The highest BCUT2D eigenvalue weighted by atomic mass is 16.4. The Kier molecular flexibility index (Phi) is 2.86. The van der Waals surface area contributed by atoms with Gasteiger partial charge < -0.3 is 15.1 Å². The molecule has 3 rings (SSSR count). The van der Waals surface area contributed by atoms with Crippen LogP contribution in [0.4, 0.5) is 5.69 Å². The van der Waals surface area contributed by atoms with E-state index in [2.05, 4.69) is 0 Å². The molecule has 0 atom stereocenters. The third kappa shape index (κ3) is 1.92. The van der Waals surface area contributed by atoms with Crippen molar-refractivity contribution < 1.29 is 24.6 Å². The minimum absolute atomic E-state index is 0.0599. The number of benzene rings is 2. The Morgan fingerprint density at radius 3 is 2.52 bits per heavy atom. The van der Waals surface area contributed by atoms with Gasteiger partial charge in [-0.3, -0.25) is 9.59 Å². The molecule has 6 heteroatoms. The molecule has 0 unspecified atom stereocenters. The summed E-state index contributed by atoms with van der Waals surface area (Å²) in [5.41, 5.74) is 1.11. The Bertz CT molecular complexity index is 796. The SMILES string of the molecule is O=C(O)CCN1C(=O)c2cccc3c(C(=O)O)ccc1c23. The van der Waals surface area contributed by atoms with Crippen LogP contribution in [0.15, 0.2) is 30.3 Å². The highest BCUT2D eigenvalue weighted by Crippen LogP contribution is 2.38. The van der Waals surface area contributed by atoms with Gasteiger partial charge in [-0.1, -0.05) is 12.1 Å². The first-order valence-corrected chi connectivity index (χ1v) is 6.33. The number of anilines is 1. The number of carboxylic acid groups (broad SMARTS) is 2. The molecular weight excluding hydrogens is 274 g/mol. The maximum absolute atomic E-state index is 12.4. The van der Waals surface area contributed by atoms with Crippen molar-refractivity contribution in [3.8, 4) is 0 Å². The van der Waals surface area contributed by atoms with Crippen molar-refractivity contribution in [1.29, 1.82) is 0 Å². The second kappa shape index (κ2) is 4.59. The molecule has 0 saturated heterocycles. The van der Waals surface area contributed by atoms with Crippen molar-refractivity contribution in [3.63, 3.8) is 0 Å². The number of carbonyl (C=O) groups excluding carboxylic acids is 1. The molecule has 2 aromatic carbocycles. The van der Waals surface area contributed by atoms with E-state index in [9.17, 15) is 19.5 Å². The van der Waals surface area contributed by atoms with Crippen molar-refractivity contribution in [2.75, 3.05) is 11.4 Å². The van der Waals surface area contributed by atoms with Gasteiger partial charge in [-0.2, -0.15) is 0 Å². The van der Waals surface area contributed by atoms with Crippen LogP contribution in [0.25, 0.3) is 10.8 Å². The molecule has 2 aromatic rings. The van der Waals surface area contributed by atoms with Gasteiger partial charge in [0.15, 0.2) is 0 Å². The van der Waals surface area contributed by atoms with Gasteiger partial charge in [-0.15, -0.1) is 0 Å². The number of rotatable bonds is 4. The number of hydrogen-bond donors (Lipinski definition) is 2. The first-order valence-electron chi connectivity index (χ1n) is 6.33. The molecule has 0 bridgehead atoms. The summed E-state index contributed by atoms with van der Waals surface area (Å²) in [6.07, 6.45) is -0.165. The first-order chi connectivity index (χ1) is 10.0. The van der Waals surface area contributed by atoms with Crippen LogP contribution in [0, 0.1) is 0 Å². The normalized spacial score (nSPS) is 13.0. The molecule has 0 spiro atoms. The lowest BCUT2D eigenvalue weighted by molar-refractivity contribution is -0.136. The van der Waals surface area contributed by atoms with E-state index in [1.165, 1.54) is 11.0 Å². The Morgan fingerprint density at radius 2 is 1.86 bits per heavy atom. The lowest BCUT2D eigenvalue weighted by Gasteiger charge is -2.16. The average Bonchev–Trinajstić information content (AvgIpc) is 2.72. The van der Waals surface area contributed by atoms with Gasteiger partial charge in [0.25, 0.3) is 5.91 Å². The molecule has 1 aliphatic heterocycles. The van der Waals surface area contributed by atoms with Crippen molar-refractivity contribution in [3.05, 3.63) is 41.5 Å². The molecule has 0 saturated carbocycles. The van der Waals surface area contributed by atoms with Crippen molar-refractivity contribution >= 4 is 34.3 Å². The molecule has 0 aliphatic carbocycles. The second-order valence-corrected chi connectivity index (χ2v) is 4.77. The zero-order chi connectivity index (χ0) is 15.1. The van der Waals surface area contributed by atoms with Crippen molar-refractivity contribution in [2.45, 2.75) is 6.42 Å². The molecule has 1 amide bonds. The standard InChI is InChI=1S/C15H11NO5/c17-12(18)6-7-16-11-5-4-9(15(20)21)8-2-1-3-10(13(8)11)14(16)19/h1-5H,6-7H2,(H,17,18)(H,20,21). The molecule has 0 radical (unpaired) electrons. The number of aromatic carboxylic acids is 1. The van der Waals surface area contributed by atoms with Crippen LogP contribution in [0.2, 0.25) is 0 Å². The summed E-state index contributed by atoms with van der Waals surface area (Å²) in [7, 11) is 0. The number of carboxylic acids is 2. The highest BCUT2D eigenvalue weighted by Gasteiger charge is 2.31. The van der Waals surface area contributed by atoms with Gasteiger partial charge >= 0.3 is 11.9 Å². The van der Waals surface area contributed by atoms with E-state index in [-0.39, 0.29) is 24.4 Å². The number of aliphatic carboxylic acids is 1. The van der Waals surface area contributed by atoms with Crippen LogP contribution in [-0.4, -0.2) is 34.6 Å². The predicted octanol–water partition coefficient (Wildman–Crippen LogP) is 1.97. The molecule has 0 fully saturated rings. The van der Waals surface area contributed by atoms with Crippen molar-refractivity contribution in [1.82, 2.24) is 0 Å². The third-order valence-corrected chi connectivity index (χ3v) is 3.56. The van der Waals surface area contributed by atoms with E-state index >= 15 is 0 Å². The zero-order valence-electron chi connectivity index (χ0n) is 10.9. The zero-order valence-corrected chi connectivity index (χ0v) is 10.9. The minimum atomic E-state index is -1.06. The summed E-state index contributed by atoms with van der Waals surface area (Å²) in [5.74, 6) is -2.34. The predicted molar refractivity (Wildman–Crippen MR) is 74.8 cm³/mol. The van der Waals surface area contributed by atoms with Gasteiger partial charge in [0.05, 0.1) is 17.7 Å². The summed E-state index contributed by atoms with van der Waals surface area (Å²) < 4.78 is 0. The third-order valence-electron chi connectivity index (χ3n) is 3.56. The Morgan fingerprint density at radius 1 is 1.10 bits per heavy atom. The lowest BCUT2D eigenvalue weighted by atomic mass is 10.0. The molecule has 1 heterocycles. The van der Waals surface area contributed by atoms with Crippen LogP contribution in [0.3, 0.4) is 0 Å². The summed E-state index contributed by atoms with van der Waals surface area (Å²) in [4.78, 5) is 35.7. The van der Waals surface area contributed by atoms with Gasteiger partial charge in [0.2, 0.25) is 0 Å². The summed E-state index contributed by atoms with van der Waals surface area (Å²) in [6.45, 7) is 0.0599. The highest BCUT2D eigenvalue weighted by molar-refractivity contribution is 6.27. The molecule has 1 aliphatic rings. The van der Waals surface area contributed by atoms with E-state index < -0.39 is 11.9 Å². The summed E-state index contributed by atoms with van der Waals surface area (Å²) in [5, 5.41) is 19.1. The maximum Gasteiger partial charge on any atom is 0.336 e. The summed E-state index contributed by atoms with van der Waals surface area (Å²) in [6, 6.07) is 7.91. The lowest BCUT2D eigenvalue weighted by Crippen LogP contribution is -2.29. The van der Waals surface area contributed by atoms with E-state index in [4.69, 9.17) is 5.11 Å². The van der Waals surface area contributed by atoms with Crippen LogP contribution in [-0.2, 0) is 4.79 Å². The van der Waals surface area contributed by atoms with E-state index in [0.29, 0.717) is 22.0 Å². The quantitative estimate of drug-likeness (QED) is 0.895. The largest absolute Gasteiger partial charge is 0.481 e.